The summed E-state index contributed by atoms with van der Waals surface area (Å²) in [5.74, 6) is -0.547. The first kappa shape index (κ1) is 13.7. The Morgan fingerprint density at radius 1 is 1.59 bits per heavy atom. The van der Waals surface area contributed by atoms with E-state index in [1.165, 1.54) is 0 Å². The second-order valence-electron chi connectivity index (χ2n) is 2.97. The van der Waals surface area contributed by atoms with Gasteiger partial charge in [0.1, 0.15) is 5.03 Å². The molecule has 0 saturated carbocycles. The summed E-state index contributed by atoms with van der Waals surface area (Å²) in [4.78, 5) is 18.8. The fourth-order valence-electron chi connectivity index (χ4n) is 1.03. The van der Waals surface area contributed by atoms with Crippen LogP contribution in [0.2, 0.25) is 0 Å². The quantitative estimate of drug-likeness (QED) is 0.476. The van der Waals surface area contributed by atoms with E-state index in [2.05, 4.69) is 15.3 Å². The third-order valence-corrected chi connectivity index (χ3v) is 2.62. The smallest absolute Gasteiger partial charge is 0.316 e. The molecule has 0 fully saturated rings. The molecule has 17 heavy (non-hydrogen) atoms. The Morgan fingerprint density at radius 3 is 3.00 bits per heavy atom. The van der Waals surface area contributed by atoms with Gasteiger partial charge in [0.15, 0.2) is 5.82 Å². The molecular formula is C10H14FN3O2S. The predicted octanol–water partition coefficient (Wildman–Crippen LogP) is 1.70. The highest BCUT2D eigenvalue weighted by atomic mass is 32.2. The lowest BCUT2D eigenvalue weighted by Gasteiger charge is -2.05. The molecule has 1 rings (SSSR count). The maximum absolute atomic E-state index is 13.3. The van der Waals surface area contributed by atoms with E-state index in [4.69, 9.17) is 4.74 Å². The van der Waals surface area contributed by atoms with Gasteiger partial charge in [0.25, 0.3) is 0 Å². The summed E-state index contributed by atoms with van der Waals surface area (Å²) in [5.41, 5.74) is 0. The molecule has 0 spiro atoms. The minimum atomic E-state index is -0.541. The van der Waals surface area contributed by atoms with Crippen LogP contribution in [-0.4, -0.2) is 34.8 Å². The van der Waals surface area contributed by atoms with Gasteiger partial charge in [-0.25, -0.2) is 14.4 Å². The van der Waals surface area contributed by atoms with E-state index in [0.717, 1.165) is 18.0 Å². The first-order valence-electron chi connectivity index (χ1n) is 5.22. The maximum atomic E-state index is 13.3. The number of esters is 1. The molecule has 1 heterocycles. The van der Waals surface area contributed by atoms with E-state index < -0.39 is 5.82 Å². The van der Waals surface area contributed by atoms with E-state index in [-0.39, 0.29) is 16.7 Å². The van der Waals surface area contributed by atoms with Gasteiger partial charge in [0, 0.05) is 6.54 Å². The third kappa shape index (κ3) is 4.56. The van der Waals surface area contributed by atoms with Crippen molar-refractivity contribution in [2.75, 3.05) is 24.2 Å². The third-order valence-electron chi connectivity index (χ3n) is 1.68. The predicted molar refractivity (Wildman–Crippen MR) is 63.5 cm³/mol. The van der Waals surface area contributed by atoms with E-state index in [1.807, 2.05) is 6.92 Å². The molecule has 0 atom stereocenters. The molecule has 0 aromatic carbocycles. The van der Waals surface area contributed by atoms with Crippen molar-refractivity contribution in [3.05, 3.63) is 12.0 Å². The average Bonchev–Trinajstić information content (AvgIpc) is 2.30. The minimum absolute atomic E-state index is 0.0351. The zero-order chi connectivity index (χ0) is 12.7. The van der Waals surface area contributed by atoms with Gasteiger partial charge in [-0.1, -0.05) is 11.8 Å². The first-order chi connectivity index (χ1) is 8.17. The van der Waals surface area contributed by atoms with Crippen LogP contribution in [0.25, 0.3) is 0 Å². The zero-order valence-corrected chi connectivity index (χ0v) is 10.5. The summed E-state index contributed by atoms with van der Waals surface area (Å²) in [6, 6.07) is 0. The van der Waals surface area contributed by atoms with Crippen molar-refractivity contribution in [1.82, 2.24) is 9.97 Å². The van der Waals surface area contributed by atoms with Gasteiger partial charge >= 0.3 is 5.97 Å². The Bertz CT molecular complexity index is 390. The molecule has 0 amide bonds. The maximum Gasteiger partial charge on any atom is 0.316 e. The minimum Gasteiger partial charge on any atom is -0.465 e. The molecule has 1 N–H and O–H groups in total. The number of ether oxygens (including phenoxy) is 1. The Balaban J connectivity index is 2.62. The summed E-state index contributed by atoms with van der Waals surface area (Å²) in [5, 5.41) is 3.01. The standard InChI is InChI=1S/C10H14FN3O2S/c1-3-12-10-13-5-7(11)9(14-10)17-6-8(15)16-4-2/h5H,3-4,6H2,1-2H3,(H,12,13,14). The second kappa shape index (κ2) is 7.05. The number of nitrogens with one attached hydrogen (secondary N) is 1. The summed E-state index contributed by atoms with van der Waals surface area (Å²) in [6.07, 6.45) is 1.08. The molecule has 94 valence electrons. The number of carbonyl (C=O) groups is 1. The number of thioether (sulfide) groups is 1. The van der Waals surface area contributed by atoms with Crippen molar-refractivity contribution < 1.29 is 13.9 Å². The van der Waals surface area contributed by atoms with Crippen molar-refractivity contribution >= 4 is 23.7 Å². The van der Waals surface area contributed by atoms with Crippen LogP contribution in [0.1, 0.15) is 13.8 Å². The Hall–Kier alpha value is -1.37. The lowest BCUT2D eigenvalue weighted by molar-refractivity contribution is -0.139. The Morgan fingerprint density at radius 2 is 2.35 bits per heavy atom. The van der Waals surface area contributed by atoms with Gasteiger partial charge in [-0.2, -0.15) is 0 Å². The van der Waals surface area contributed by atoms with Gasteiger partial charge in [-0.3, -0.25) is 4.79 Å². The number of aromatic nitrogens is 2. The van der Waals surface area contributed by atoms with E-state index in [1.54, 1.807) is 6.92 Å². The lowest BCUT2D eigenvalue weighted by atomic mass is 10.6. The van der Waals surface area contributed by atoms with E-state index >= 15 is 0 Å². The molecule has 5 nitrogen and oxygen atoms in total. The highest BCUT2D eigenvalue weighted by Gasteiger charge is 2.10. The van der Waals surface area contributed by atoms with Gasteiger partial charge in [0.2, 0.25) is 5.95 Å². The summed E-state index contributed by atoms with van der Waals surface area (Å²) >= 11 is 0.994. The summed E-state index contributed by atoms with van der Waals surface area (Å²) < 4.78 is 18.1. The molecule has 0 aliphatic rings. The van der Waals surface area contributed by atoms with E-state index in [9.17, 15) is 9.18 Å². The van der Waals surface area contributed by atoms with Gasteiger partial charge in [-0.05, 0) is 13.8 Å². The number of anilines is 1. The van der Waals surface area contributed by atoms with Crippen LogP contribution in [-0.2, 0) is 9.53 Å². The summed E-state index contributed by atoms with van der Waals surface area (Å²) in [6.45, 7) is 4.57. The molecule has 7 heteroatoms. The number of hydrogen-bond acceptors (Lipinski definition) is 6. The fourth-order valence-corrected chi connectivity index (χ4v) is 1.71. The average molecular weight is 259 g/mol. The molecule has 1 aromatic heterocycles. The number of carbonyl (C=O) groups excluding carboxylic acids is 1. The Kier molecular flexibility index (Phi) is 5.68. The van der Waals surface area contributed by atoms with Gasteiger partial charge < -0.3 is 10.1 Å². The van der Waals surface area contributed by atoms with Crippen molar-refractivity contribution in [2.45, 2.75) is 18.9 Å². The number of rotatable bonds is 6. The van der Waals surface area contributed by atoms with Gasteiger partial charge in [0.05, 0.1) is 18.6 Å². The first-order valence-corrected chi connectivity index (χ1v) is 6.20. The van der Waals surface area contributed by atoms with Crippen LogP contribution >= 0.6 is 11.8 Å². The fraction of sp³-hybridized carbons (Fsp3) is 0.500. The number of nitrogens with zero attached hydrogens (tertiary/aromatic N) is 2. The summed E-state index contributed by atoms with van der Waals surface area (Å²) in [7, 11) is 0. The van der Waals surface area contributed by atoms with Crippen molar-refractivity contribution in [3.63, 3.8) is 0 Å². The van der Waals surface area contributed by atoms with E-state index in [0.29, 0.717) is 19.1 Å². The van der Waals surface area contributed by atoms with Crippen LogP contribution in [0.3, 0.4) is 0 Å². The molecule has 0 aliphatic carbocycles. The van der Waals surface area contributed by atoms with Crippen LogP contribution < -0.4 is 5.32 Å². The normalized spacial score (nSPS) is 10.1. The van der Waals surface area contributed by atoms with Crippen molar-refractivity contribution in [1.29, 1.82) is 0 Å². The number of hydrogen-bond donors (Lipinski definition) is 1. The lowest BCUT2D eigenvalue weighted by Crippen LogP contribution is -2.08. The molecule has 0 aliphatic heterocycles. The molecular weight excluding hydrogens is 245 g/mol. The van der Waals surface area contributed by atoms with Crippen LogP contribution in [0, 0.1) is 5.82 Å². The Labute approximate surface area is 103 Å². The van der Waals surface area contributed by atoms with Crippen LogP contribution in [0.4, 0.5) is 10.3 Å². The van der Waals surface area contributed by atoms with Gasteiger partial charge in [-0.15, -0.1) is 0 Å². The molecule has 0 saturated heterocycles. The number of halogens is 1. The van der Waals surface area contributed by atoms with Crippen molar-refractivity contribution in [3.8, 4) is 0 Å². The second-order valence-corrected chi connectivity index (χ2v) is 3.93. The SMILES string of the molecule is CCNc1ncc(F)c(SCC(=O)OCC)n1. The highest BCUT2D eigenvalue weighted by Crippen LogP contribution is 2.19. The zero-order valence-electron chi connectivity index (χ0n) is 9.70. The monoisotopic (exact) mass is 259 g/mol. The van der Waals surface area contributed by atoms with Crippen molar-refractivity contribution in [2.24, 2.45) is 0 Å². The highest BCUT2D eigenvalue weighted by molar-refractivity contribution is 7.99. The molecule has 0 bridgehead atoms. The molecule has 0 unspecified atom stereocenters. The molecule has 0 radical (unpaired) electrons. The topological polar surface area (TPSA) is 64.1 Å². The van der Waals surface area contributed by atoms with Crippen LogP contribution in [0.15, 0.2) is 11.2 Å². The molecule has 1 aromatic rings. The largest absolute Gasteiger partial charge is 0.465 e. The van der Waals surface area contributed by atoms with Crippen LogP contribution in [0.5, 0.6) is 0 Å².